The fourth-order valence-electron chi connectivity index (χ4n) is 3.38. The van der Waals surface area contributed by atoms with Crippen LogP contribution in [0.15, 0.2) is 60.8 Å². The zero-order valence-electron chi connectivity index (χ0n) is 17.4. The monoisotopic (exact) mass is 470 g/mol. The first-order valence-corrected chi connectivity index (χ1v) is 10.6. The summed E-state index contributed by atoms with van der Waals surface area (Å²) in [5.41, 5.74) is 2.38. The van der Waals surface area contributed by atoms with E-state index in [9.17, 15) is 4.79 Å². The second-order valence-corrected chi connectivity index (χ2v) is 8.13. The third-order valence-electron chi connectivity index (χ3n) is 5.06. The van der Waals surface area contributed by atoms with Gasteiger partial charge in [0.1, 0.15) is 17.1 Å². The maximum absolute atomic E-state index is 11.1. The van der Waals surface area contributed by atoms with E-state index in [0.717, 1.165) is 22.3 Å². The van der Waals surface area contributed by atoms with Crippen molar-refractivity contribution in [1.82, 2.24) is 9.55 Å². The average Bonchev–Trinajstić information content (AvgIpc) is 3.03. The van der Waals surface area contributed by atoms with Crippen molar-refractivity contribution in [1.29, 1.82) is 0 Å². The van der Waals surface area contributed by atoms with Gasteiger partial charge in [0.15, 0.2) is 11.9 Å². The molecule has 2 aromatic heterocycles. The van der Waals surface area contributed by atoms with E-state index in [4.69, 9.17) is 37.8 Å². The van der Waals surface area contributed by atoms with Crippen molar-refractivity contribution < 1.29 is 19.4 Å². The van der Waals surface area contributed by atoms with Gasteiger partial charge in [-0.1, -0.05) is 23.2 Å². The van der Waals surface area contributed by atoms with Crippen molar-refractivity contribution in [2.45, 2.75) is 26.5 Å². The SMILES string of the molecule is Cc1c(Oc2ccc(Cl)cc2)c2cccnc2n1Cc1cc(O[C@@H](C)C(=O)O)ccc1Cl. The number of benzene rings is 2. The van der Waals surface area contributed by atoms with E-state index in [2.05, 4.69) is 4.98 Å². The fourth-order valence-corrected chi connectivity index (χ4v) is 3.68. The van der Waals surface area contributed by atoms with Gasteiger partial charge in [0.2, 0.25) is 0 Å². The maximum Gasteiger partial charge on any atom is 0.344 e. The summed E-state index contributed by atoms with van der Waals surface area (Å²) in [5.74, 6) is 0.746. The third-order valence-corrected chi connectivity index (χ3v) is 5.68. The van der Waals surface area contributed by atoms with E-state index in [1.807, 2.05) is 35.8 Å². The molecule has 164 valence electrons. The number of aliphatic carboxylic acids is 1. The van der Waals surface area contributed by atoms with Crippen LogP contribution in [0.2, 0.25) is 10.0 Å². The quantitative estimate of drug-likeness (QED) is 0.340. The van der Waals surface area contributed by atoms with Crippen LogP contribution in [0.1, 0.15) is 18.2 Å². The first kappa shape index (κ1) is 22.0. The molecule has 2 heterocycles. The molecule has 0 spiro atoms. The Hall–Kier alpha value is -3.22. The lowest BCUT2D eigenvalue weighted by Crippen LogP contribution is -2.22. The molecule has 0 aliphatic carbocycles. The number of ether oxygens (including phenoxy) is 2. The molecule has 2 aromatic carbocycles. The lowest BCUT2D eigenvalue weighted by atomic mass is 10.2. The topological polar surface area (TPSA) is 73.6 Å². The van der Waals surface area contributed by atoms with Crippen molar-refractivity contribution >= 4 is 40.2 Å². The van der Waals surface area contributed by atoms with Crippen LogP contribution in [0.3, 0.4) is 0 Å². The molecule has 0 saturated heterocycles. The van der Waals surface area contributed by atoms with Crippen molar-refractivity contribution in [2.24, 2.45) is 0 Å². The van der Waals surface area contributed by atoms with Gasteiger partial charge >= 0.3 is 5.97 Å². The molecule has 32 heavy (non-hydrogen) atoms. The molecule has 1 N–H and O–H groups in total. The zero-order chi connectivity index (χ0) is 22.8. The molecule has 8 heteroatoms. The van der Waals surface area contributed by atoms with Crippen LogP contribution in [0.4, 0.5) is 0 Å². The molecule has 4 rings (SSSR count). The van der Waals surface area contributed by atoms with Gasteiger partial charge < -0.3 is 19.1 Å². The summed E-state index contributed by atoms with van der Waals surface area (Å²) in [6.07, 6.45) is 0.749. The summed E-state index contributed by atoms with van der Waals surface area (Å²) in [7, 11) is 0. The smallest absolute Gasteiger partial charge is 0.344 e. The second kappa shape index (κ2) is 9.10. The number of carboxylic acids is 1. The Balaban J connectivity index is 1.72. The van der Waals surface area contributed by atoms with Gasteiger partial charge in [-0.15, -0.1) is 0 Å². The third kappa shape index (κ3) is 4.52. The predicted molar refractivity (Wildman–Crippen MR) is 124 cm³/mol. The van der Waals surface area contributed by atoms with Gasteiger partial charge in [-0.05, 0) is 74.0 Å². The Bertz CT molecular complexity index is 1290. The normalized spacial score (nSPS) is 12.0. The molecular formula is C24H20Cl2N2O4. The van der Waals surface area contributed by atoms with Crippen LogP contribution in [0, 0.1) is 6.92 Å². The van der Waals surface area contributed by atoms with Crippen LogP contribution >= 0.6 is 23.2 Å². The van der Waals surface area contributed by atoms with Crippen LogP contribution in [0.5, 0.6) is 17.2 Å². The molecule has 4 aromatic rings. The summed E-state index contributed by atoms with van der Waals surface area (Å²) < 4.78 is 13.7. The van der Waals surface area contributed by atoms with Crippen LogP contribution < -0.4 is 9.47 Å². The minimum atomic E-state index is -1.04. The van der Waals surface area contributed by atoms with Crippen LogP contribution in [-0.2, 0) is 11.3 Å². The molecule has 0 saturated carbocycles. The van der Waals surface area contributed by atoms with E-state index < -0.39 is 12.1 Å². The Morgan fingerprint density at radius 1 is 1.12 bits per heavy atom. The van der Waals surface area contributed by atoms with Gasteiger partial charge in [0.05, 0.1) is 17.6 Å². The minimum Gasteiger partial charge on any atom is -0.479 e. The minimum absolute atomic E-state index is 0.404. The Kier molecular flexibility index (Phi) is 6.26. The van der Waals surface area contributed by atoms with Gasteiger partial charge in [-0.2, -0.15) is 0 Å². The number of fused-ring (bicyclic) bond motifs is 1. The van der Waals surface area contributed by atoms with Gasteiger partial charge in [-0.3, -0.25) is 0 Å². The highest BCUT2D eigenvalue weighted by molar-refractivity contribution is 6.31. The number of nitrogens with zero attached hydrogens (tertiary/aromatic N) is 2. The molecule has 0 radical (unpaired) electrons. The first-order chi connectivity index (χ1) is 15.3. The van der Waals surface area contributed by atoms with Crippen LogP contribution in [-0.4, -0.2) is 26.7 Å². The molecule has 0 bridgehead atoms. The number of hydrogen-bond donors (Lipinski definition) is 1. The predicted octanol–water partition coefficient (Wildman–Crippen LogP) is 6.34. The van der Waals surface area contributed by atoms with Crippen molar-refractivity contribution in [2.75, 3.05) is 0 Å². The maximum atomic E-state index is 11.1. The molecule has 0 amide bonds. The van der Waals surface area contributed by atoms with Gasteiger partial charge in [0, 0.05) is 16.2 Å². The van der Waals surface area contributed by atoms with E-state index >= 15 is 0 Å². The highest BCUT2D eigenvalue weighted by Gasteiger charge is 2.19. The summed E-state index contributed by atoms with van der Waals surface area (Å²) in [6.45, 7) is 3.83. The number of halogens is 2. The van der Waals surface area contributed by atoms with Crippen molar-refractivity contribution in [3.8, 4) is 17.2 Å². The molecule has 0 aliphatic rings. The Labute approximate surface area is 194 Å². The second-order valence-electron chi connectivity index (χ2n) is 7.28. The molecule has 1 atom stereocenters. The summed E-state index contributed by atoms with van der Waals surface area (Å²) in [4.78, 5) is 15.7. The molecule has 0 aliphatic heterocycles. The number of carboxylic acid groups (broad SMARTS) is 1. The zero-order valence-corrected chi connectivity index (χ0v) is 18.9. The summed E-state index contributed by atoms with van der Waals surface area (Å²) in [5, 5.41) is 11.1. The summed E-state index contributed by atoms with van der Waals surface area (Å²) >= 11 is 12.4. The van der Waals surface area contributed by atoms with E-state index in [1.54, 1.807) is 36.5 Å². The molecule has 0 unspecified atom stereocenters. The van der Waals surface area contributed by atoms with E-state index in [0.29, 0.717) is 33.8 Å². The number of pyridine rings is 1. The number of hydrogen-bond acceptors (Lipinski definition) is 4. The number of rotatable bonds is 7. The Morgan fingerprint density at radius 3 is 2.56 bits per heavy atom. The highest BCUT2D eigenvalue weighted by Crippen LogP contribution is 2.36. The Morgan fingerprint density at radius 2 is 1.84 bits per heavy atom. The fraction of sp³-hybridized carbons (Fsp3) is 0.167. The lowest BCUT2D eigenvalue weighted by Gasteiger charge is -2.14. The first-order valence-electron chi connectivity index (χ1n) is 9.88. The van der Waals surface area contributed by atoms with Crippen LogP contribution in [0.25, 0.3) is 11.0 Å². The van der Waals surface area contributed by atoms with Gasteiger partial charge in [0.25, 0.3) is 0 Å². The largest absolute Gasteiger partial charge is 0.479 e. The average molecular weight is 471 g/mol. The standard InChI is InChI=1S/C24H20Cl2N2O4/c1-14-22(32-18-7-5-17(25)6-8-18)20-4-3-11-27-23(20)28(14)13-16-12-19(9-10-21(16)26)31-15(2)24(29)30/h3-12,15H,13H2,1-2H3,(H,29,30)/t15-/m0/s1. The number of carbonyl (C=O) groups is 1. The molecular weight excluding hydrogens is 451 g/mol. The van der Waals surface area contributed by atoms with Crippen molar-refractivity contribution in [3.05, 3.63) is 82.1 Å². The lowest BCUT2D eigenvalue weighted by molar-refractivity contribution is -0.144. The van der Waals surface area contributed by atoms with E-state index in [1.165, 1.54) is 6.92 Å². The highest BCUT2D eigenvalue weighted by atomic mass is 35.5. The molecule has 0 fully saturated rings. The van der Waals surface area contributed by atoms with E-state index in [-0.39, 0.29) is 0 Å². The summed E-state index contributed by atoms with van der Waals surface area (Å²) in [6, 6.07) is 16.1. The van der Waals surface area contributed by atoms with Gasteiger partial charge in [-0.25, -0.2) is 9.78 Å². The number of aromatic nitrogens is 2. The molecule has 6 nitrogen and oxygen atoms in total. The van der Waals surface area contributed by atoms with Crippen molar-refractivity contribution in [3.63, 3.8) is 0 Å².